The minimum Gasteiger partial charge on any atom is -0.379 e. The van der Waals surface area contributed by atoms with Gasteiger partial charge in [-0.3, -0.25) is 0 Å². The topological polar surface area (TPSA) is 73.8 Å². The van der Waals surface area contributed by atoms with Crippen LogP contribution in [0.15, 0.2) is 0 Å². The molecule has 0 aromatic rings. The average molecular weight is 366 g/mol. The van der Waals surface area contributed by atoms with Crippen molar-refractivity contribution in [1.29, 1.82) is 0 Å². The second-order valence-corrected chi connectivity index (χ2v) is 5.25. The van der Waals surface area contributed by atoms with E-state index < -0.39 is 0 Å². The Kier molecular flexibility index (Phi) is 18.2. The number of hydrogen-bond donors (Lipinski definition) is 0. The van der Waals surface area contributed by atoms with Crippen LogP contribution in [0.5, 0.6) is 0 Å². The van der Waals surface area contributed by atoms with Gasteiger partial charge in [0.2, 0.25) is 0 Å². The van der Waals surface area contributed by atoms with E-state index in [0.29, 0.717) is 106 Å². The van der Waals surface area contributed by atoms with Gasteiger partial charge in [0, 0.05) is 13.2 Å². The zero-order valence-corrected chi connectivity index (χ0v) is 15.3. The Morgan fingerprint density at radius 1 is 0.200 bits per heavy atom. The highest BCUT2D eigenvalue weighted by Gasteiger charge is 1.96. The Labute approximate surface area is 150 Å². The van der Waals surface area contributed by atoms with Gasteiger partial charge < -0.3 is 37.9 Å². The lowest BCUT2D eigenvalue weighted by molar-refractivity contribution is -0.0209. The maximum absolute atomic E-state index is 5.46. The van der Waals surface area contributed by atoms with E-state index in [0.717, 1.165) is 6.42 Å². The normalized spacial score (nSPS) is 24.0. The fourth-order valence-corrected chi connectivity index (χ4v) is 1.90. The first kappa shape index (κ1) is 22.7. The summed E-state index contributed by atoms with van der Waals surface area (Å²) in [5.74, 6) is 0. The van der Waals surface area contributed by atoms with Crippen molar-refractivity contribution in [3.63, 3.8) is 0 Å². The molecule has 25 heavy (non-hydrogen) atoms. The highest BCUT2D eigenvalue weighted by atomic mass is 16.6. The van der Waals surface area contributed by atoms with Crippen LogP contribution >= 0.6 is 0 Å². The fourth-order valence-electron chi connectivity index (χ4n) is 1.90. The lowest BCUT2D eigenvalue weighted by atomic mass is 10.5. The maximum atomic E-state index is 5.46. The Balaban J connectivity index is 2.00. The predicted molar refractivity (Wildman–Crippen MR) is 91.2 cm³/mol. The summed E-state index contributed by atoms with van der Waals surface area (Å²) in [6, 6.07) is 0. The Morgan fingerprint density at radius 3 is 0.560 bits per heavy atom. The summed E-state index contributed by atoms with van der Waals surface area (Å²) >= 11 is 0. The van der Waals surface area contributed by atoms with Crippen LogP contribution in [-0.2, 0) is 37.9 Å². The molecule has 0 spiro atoms. The molecular weight excluding hydrogens is 332 g/mol. The Hall–Kier alpha value is -0.320. The van der Waals surface area contributed by atoms with E-state index in [4.69, 9.17) is 37.9 Å². The van der Waals surface area contributed by atoms with Crippen molar-refractivity contribution in [1.82, 2.24) is 0 Å². The highest BCUT2D eigenvalue weighted by molar-refractivity contribution is 4.39. The molecule has 0 N–H and O–H groups in total. The molecule has 0 aromatic heterocycles. The van der Waals surface area contributed by atoms with Crippen LogP contribution in [-0.4, -0.2) is 106 Å². The summed E-state index contributed by atoms with van der Waals surface area (Å²) in [6.45, 7) is 9.28. The Morgan fingerprint density at radius 2 is 0.360 bits per heavy atom. The van der Waals surface area contributed by atoms with Crippen molar-refractivity contribution >= 4 is 0 Å². The molecule has 150 valence electrons. The number of hydrogen-bond acceptors (Lipinski definition) is 8. The van der Waals surface area contributed by atoms with E-state index >= 15 is 0 Å². The van der Waals surface area contributed by atoms with Gasteiger partial charge in [0.15, 0.2) is 0 Å². The molecule has 0 radical (unpaired) electrons. The Bertz CT molecular complexity index is 139. The van der Waals surface area contributed by atoms with E-state index in [1.165, 1.54) is 0 Å². The van der Waals surface area contributed by atoms with Gasteiger partial charge in [0.1, 0.15) is 0 Å². The summed E-state index contributed by atoms with van der Waals surface area (Å²) in [5.41, 5.74) is 0. The van der Waals surface area contributed by atoms with Crippen LogP contribution in [0, 0.1) is 0 Å². The zero-order valence-electron chi connectivity index (χ0n) is 15.3. The van der Waals surface area contributed by atoms with E-state index in [2.05, 4.69) is 0 Å². The second kappa shape index (κ2) is 20.0. The molecule has 1 rings (SSSR count). The van der Waals surface area contributed by atoms with Crippen LogP contribution in [0.4, 0.5) is 0 Å². The zero-order chi connectivity index (χ0) is 17.7. The lowest BCUT2D eigenvalue weighted by Crippen LogP contribution is -2.14. The first-order valence-corrected chi connectivity index (χ1v) is 9.12. The number of ether oxygens (including phenoxy) is 8. The summed E-state index contributed by atoms with van der Waals surface area (Å²) in [6.07, 6.45) is 0.867. The lowest BCUT2D eigenvalue weighted by Gasteiger charge is -2.08. The molecule has 8 heteroatoms. The molecule has 0 atom stereocenters. The van der Waals surface area contributed by atoms with Gasteiger partial charge in [-0.2, -0.15) is 0 Å². The third-order valence-electron chi connectivity index (χ3n) is 3.18. The van der Waals surface area contributed by atoms with Gasteiger partial charge in [-0.15, -0.1) is 0 Å². The van der Waals surface area contributed by atoms with Crippen molar-refractivity contribution in [2.75, 3.05) is 106 Å². The summed E-state index contributed by atoms with van der Waals surface area (Å²) < 4.78 is 43.3. The minimum atomic E-state index is 0.556. The van der Waals surface area contributed by atoms with Gasteiger partial charge in [-0.05, 0) is 6.42 Å². The van der Waals surface area contributed by atoms with Gasteiger partial charge in [-0.1, -0.05) is 0 Å². The second-order valence-electron chi connectivity index (χ2n) is 5.25. The minimum absolute atomic E-state index is 0.556. The predicted octanol–water partition coefficient (Wildman–Crippen LogP) is 0.523. The highest BCUT2D eigenvalue weighted by Crippen LogP contribution is 1.89. The van der Waals surface area contributed by atoms with Gasteiger partial charge in [-0.25, -0.2) is 0 Å². The van der Waals surface area contributed by atoms with Gasteiger partial charge in [0.05, 0.1) is 92.5 Å². The molecule has 0 bridgehead atoms. The molecule has 0 aliphatic carbocycles. The van der Waals surface area contributed by atoms with E-state index in [-0.39, 0.29) is 0 Å². The monoisotopic (exact) mass is 366 g/mol. The maximum Gasteiger partial charge on any atom is 0.0701 e. The summed E-state index contributed by atoms with van der Waals surface area (Å²) in [4.78, 5) is 0. The molecule has 0 unspecified atom stereocenters. The van der Waals surface area contributed by atoms with Crippen LogP contribution in [0.3, 0.4) is 0 Å². The van der Waals surface area contributed by atoms with Crippen LogP contribution in [0.2, 0.25) is 0 Å². The quantitative estimate of drug-likeness (QED) is 0.614. The SMILES string of the molecule is C1COCCOCCOCCOCCOCCOCCOCCOC1. The largest absolute Gasteiger partial charge is 0.379 e. The van der Waals surface area contributed by atoms with Crippen molar-refractivity contribution in [3.8, 4) is 0 Å². The van der Waals surface area contributed by atoms with E-state index in [9.17, 15) is 0 Å². The summed E-state index contributed by atoms with van der Waals surface area (Å²) in [5, 5.41) is 0. The van der Waals surface area contributed by atoms with Crippen molar-refractivity contribution in [2.45, 2.75) is 6.42 Å². The molecule has 1 saturated heterocycles. The third-order valence-corrected chi connectivity index (χ3v) is 3.18. The van der Waals surface area contributed by atoms with Crippen molar-refractivity contribution < 1.29 is 37.9 Å². The van der Waals surface area contributed by atoms with Gasteiger partial charge >= 0.3 is 0 Å². The van der Waals surface area contributed by atoms with Crippen LogP contribution in [0.25, 0.3) is 0 Å². The van der Waals surface area contributed by atoms with Crippen LogP contribution < -0.4 is 0 Å². The fraction of sp³-hybridized carbons (Fsp3) is 1.00. The van der Waals surface area contributed by atoms with Crippen LogP contribution in [0.1, 0.15) is 6.42 Å². The van der Waals surface area contributed by atoms with E-state index in [1.54, 1.807) is 0 Å². The molecule has 1 aliphatic rings. The average Bonchev–Trinajstić information content (AvgIpc) is 2.62. The molecule has 8 nitrogen and oxygen atoms in total. The molecule has 0 amide bonds. The standard InChI is InChI=1S/C17H34O8/c1-2-18-4-6-20-8-10-22-12-14-24-16-17-25-15-13-23-11-9-21-7-5-19-3-1/h1-17H2. The number of rotatable bonds is 0. The molecule has 1 aliphatic heterocycles. The molecule has 0 aromatic carbocycles. The van der Waals surface area contributed by atoms with E-state index in [1.807, 2.05) is 0 Å². The smallest absolute Gasteiger partial charge is 0.0701 e. The first-order valence-electron chi connectivity index (χ1n) is 9.12. The molecule has 1 heterocycles. The third kappa shape index (κ3) is 18.3. The molecular formula is C17H34O8. The van der Waals surface area contributed by atoms with Gasteiger partial charge in [0.25, 0.3) is 0 Å². The molecule has 1 fully saturated rings. The van der Waals surface area contributed by atoms with Crippen molar-refractivity contribution in [2.24, 2.45) is 0 Å². The summed E-state index contributed by atoms with van der Waals surface area (Å²) in [7, 11) is 0. The van der Waals surface area contributed by atoms with Crippen molar-refractivity contribution in [3.05, 3.63) is 0 Å². The molecule has 0 saturated carbocycles. The first-order chi connectivity index (χ1) is 12.5.